The predicted molar refractivity (Wildman–Crippen MR) is 93.8 cm³/mol. The Morgan fingerprint density at radius 1 is 1.08 bits per heavy atom. The molecule has 0 saturated carbocycles. The zero-order valence-corrected chi connectivity index (χ0v) is 15.5. The van der Waals surface area contributed by atoms with E-state index in [0.717, 1.165) is 31.4 Å². The van der Waals surface area contributed by atoms with E-state index < -0.39 is 10.0 Å². The first-order valence-electron chi connectivity index (χ1n) is 8.90. The molecule has 140 valence electrons. The van der Waals surface area contributed by atoms with Gasteiger partial charge in [0.05, 0.1) is 16.6 Å². The van der Waals surface area contributed by atoms with Gasteiger partial charge in [-0.3, -0.25) is 0 Å². The smallest absolute Gasteiger partial charge is 0.243 e. The van der Waals surface area contributed by atoms with Gasteiger partial charge in [0.25, 0.3) is 0 Å². The molecule has 26 heavy (non-hydrogen) atoms. The average Bonchev–Trinajstić information content (AvgIpc) is 2.92. The fourth-order valence-corrected chi connectivity index (χ4v) is 5.19. The second-order valence-electron chi connectivity index (χ2n) is 6.66. The van der Waals surface area contributed by atoms with Crippen LogP contribution in [0.2, 0.25) is 0 Å². The Morgan fingerprint density at radius 3 is 2.65 bits per heavy atom. The third kappa shape index (κ3) is 3.19. The molecule has 0 spiro atoms. The molecule has 0 N–H and O–H groups in total. The van der Waals surface area contributed by atoms with E-state index >= 15 is 0 Å². The minimum atomic E-state index is -3.70. The van der Waals surface area contributed by atoms with Crippen LogP contribution in [0.4, 0.5) is 0 Å². The van der Waals surface area contributed by atoms with Gasteiger partial charge in [-0.25, -0.2) is 8.42 Å². The number of rotatable bonds is 3. The first-order chi connectivity index (χ1) is 12.6. The van der Waals surface area contributed by atoms with Crippen LogP contribution in [0, 0.1) is 6.92 Å². The Bertz CT molecular complexity index is 893. The van der Waals surface area contributed by atoms with E-state index in [2.05, 4.69) is 5.16 Å². The summed E-state index contributed by atoms with van der Waals surface area (Å²) in [6.45, 7) is 3.18. The molecule has 1 unspecified atom stereocenters. The number of benzene rings is 1. The highest BCUT2D eigenvalue weighted by Gasteiger charge is 2.36. The van der Waals surface area contributed by atoms with Crippen LogP contribution in [0.15, 0.2) is 33.7 Å². The van der Waals surface area contributed by atoms with Crippen LogP contribution >= 0.6 is 0 Å². The van der Waals surface area contributed by atoms with Gasteiger partial charge in [0.1, 0.15) is 13.2 Å². The first-order valence-corrected chi connectivity index (χ1v) is 10.3. The zero-order chi connectivity index (χ0) is 18.1. The number of nitrogens with zero attached hydrogens (tertiary/aromatic N) is 2. The number of ether oxygens (including phenoxy) is 2. The quantitative estimate of drug-likeness (QED) is 0.816. The Hall–Kier alpha value is -2.06. The standard InChI is InChI=1S/C18H22N2O5S/c1-13-11-17(25-19-13)15-5-3-2-4-8-20(15)26(21,22)14-6-7-16-18(12-14)24-10-9-23-16/h6-7,11-12,15H,2-5,8-10H2,1H3. The molecule has 3 heterocycles. The molecular formula is C18H22N2O5S. The third-order valence-corrected chi connectivity index (χ3v) is 6.70. The highest BCUT2D eigenvalue weighted by atomic mass is 32.2. The topological polar surface area (TPSA) is 81.9 Å². The van der Waals surface area contributed by atoms with Gasteiger partial charge in [0, 0.05) is 18.7 Å². The van der Waals surface area contributed by atoms with Crippen molar-refractivity contribution in [3.63, 3.8) is 0 Å². The molecule has 0 bridgehead atoms. The Balaban J connectivity index is 1.72. The van der Waals surface area contributed by atoms with Gasteiger partial charge < -0.3 is 14.0 Å². The van der Waals surface area contributed by atoms with Gasteiger partial charge in [-0.2, -0.15) is 4.31 Å². The van der Waals surface area contributed by atoms with Crippen molar-refractivity contribution in [3.05, 3.63) is 35.7 Å². The first kappa shape index (κ1) is 17.4. The van der Waals surface area contributed by atoms with Crippen LogP contribution in [-0.4, -0.2) is 37.6 Å². The molecule has 8 heteroatoms. The molecule has 1 fully saturated rings. The Morgan fingerprint density at radius 2 is 1.88 bits per heavy atom. The summed E-state index contributed by atoms with van der Waals surface area (Å²) < 4.78 is 44.8. The van der Waals surface area contributed by atoms with E-state index in [1.165, 1.54) is 0 Å². The van der Waals surface area contributed by atoms with E-state index in [1.807, 2.05) is 13.0 Å². The van der Waals surface area contributed by atoms with Crippen LogP contribution in [0.1, 0.15) is 43.2 Å². The van der Waals surface area contributed by atoms with Crippen LogP contribution in [0.5, 0.6) is 11.5 Å². The summed E-state index contributed by atoms with van der Waals surface area (Å²) >= 11 is 0. The fraction of sp³-hybridized carbons (Fsp3) is 0.500. The van der Waals surface area contributed by atoms with E-state index in [9.17, 15) is 8.42 Å². The lowest BCUT2D eigenvalue weighted by Gasteiger charge is -2.28. The molecule has 0 aliphatic carbocycles. The molecule has 7 nitrogen and oxygen atoms in total. The minimum Gasteiger partial charge on any atom is -0.486 e. The van der Waals surface area contributed by atoms with Gasteiger partial charge in [-0.1, -0.05) is 18.0 Å². The fourth-order valence-electron chi connectivity index (χ4n) is 3.51. The molecule has 1 saturated heterocycles. The summed E-state index contributed by atoms with van der Waals surface area (Å²) in [5, 5.41) is 3.94. The van der Waals surface area contributed by atoms with E-state index in [0.29, 0.717) is 37.0 Å². The molecule has 2 aromatic rings. The molecule has 1 atom stereocenters. The van der Waals surface area contributed by atoms with Crippen molar-refractivity contribution in [2.75, 3.05) is 19.8 Å². The number of fused-ring (bicyclic) bond motifs is 1. The van der Waals surface area contributed by atoms with Gasteiger partial charge >= 0.3 is 0 Å². The second-order valence-corrected chi connectivity index (χ2v) is 8.55. The van der Waals surface area contributed by atoms with Crippen molar-refractivity contribution in [1.82, 2.24) is 9.46 Å². The predicted octanol–water partition coefficient (Wildman–Crippen LogP) is 3.06. The summed E-state index contributed by atoms with van der Waals surface area (Å²) in [6, 6.07) is 6.28. The maximum absolute atomic E-state index is 13.4. The Labute approximate surface area is 152 Å². The molecule has 1 aromatic heterocycles. The number of hydrogen-bond acceptors (Lipinski definition) is 6. The molecule has 2 aliphatic rings. The lowest BCUT2D eigenvalue weighted by Crippen LogP contribution is -2.34. The minimum absolute atomic E-state index is 0.213. The SMILES string of the molecule is Cc1cc(C2CCCCCN2S(=O)(=O)c2ccc3c(c2)OCCO3)on1. The van der Waals surface area contributed by atoms with Crippen LogP contribution in [0.3, 0.4) is 0 Å². The third-order valence-electron chi connectivity index (χ3n) is 4.80. The number of hydrogen-bond donors (Lipinski definition) is 0. The number of aromatic nitrogens is 1. The summed E-state index contributed by atoms with van der Waals surface area (Å²) in [5.41, 5.74) is 0.751. The highest BCUT2D eigenvalue weighted by molar-refractivity contribution is 7.89. The molecule has 4 rings (SSSR count). The average molecular weight is 378 g/mol. The summed E-state index contributed by atoms with van der Waals surface area (Å²) in [4.78, 5) is 0.213. The molecule has 0 radical (unpaired) electrons. The van der Waals surface area contributed by atoms with Crippen molar-refractivity contribution in [2.24, 2.45) is 0 Å². The largest absolute Gasteiger partial charge is 0.486 e. The van der Waals surface area contributed by atoms with Gasteiger partial charge in [0.15, 0.2) is 17.3 Å². The van der Waals surface area contributed by atoms with Crippen LogP contribution in [-0.2, 0) is 10.0 Å². The van der Waals surface area contributed by atoms with Crippen molar-refractivity contribution >= 4 is 10.0 Å². The van der Waals surface area contributed by atoms with Crippen molar-refractivity contribution in [1.29, 1.82) is 0 Å². The van der Waals surface area contributed by atoms with Gasteiger partial charge in [-0.15, -0.1) is 0 Å². The summed E-state index contributed by atoms with van der Waals surface area (Å²) in [7, 11) is -3.70. The normalized spacial score (nSPS) is 21.3. The molecule has 0 amide bonds. The summed E-state index contributed by atoms with van der Waals surface area (Å²) in [5.74, 6) is 1.65. The van der Waals surface area contributed by atoms with Crippen LogP contribution in [0.25, 0.3) is 0 Å². The van der Waals surface area contributed by atoms with Gasteiger partial charge in [-0.05, 0) is 31.9 Å². The van der Waals surface area contributed by atoms with Crippen molar-refractivity contribution in [2.45, 2.75) is 43.5 Å². The van der Waals surface area contributed by atoms with Crippen molar-refractivity contribution < 1.29 is 22.4 Å². The highest BCUT2D eigenvalue weighted by Crippen LogP contribution is 2.38. The molecule has 1 aromatic carbocycles. The maximum Gasteiger partial charge on any atom is 0.243 e. The summed E-state index contributed by atoms with van der Waals surface area (Å²) in [6.07, 6.45) is 3.50. The van der Waals surface area contributed by atoms with E-state index in [-0.39, 0.29) is 10.9 Å². The number of sulfonamides is 1. The van der Waals surface area contributed by atoms with E-state index in [1.54, 1.807) is 22.5 Å². The zero-order valence-electron chi connectivity index (χ0n) is 14.7. The van der Waals surface area contributed by atoms with Crippen molar-refractivity contribution in [3.8, 4) is 11.5 Å². The monoisotopic (exact) mass is 378 g/mol. The molecular weight excluding hydrogens is 356 g/mol. The lowest BCUT2D eigenvalue weighted by atomic mass is 10.1. The van der Waals surface area contributed by atoms with Crippen LogP contribution < -0.4 is 9.47 Å². The lowest BCUT2D eigenvalue weighted by molar-refractivity contribution is 0.171. The molecule has 2 aliphatic heterocycles. The Kier molecular flexibility index (Phi) is 4.62. The van der Waals surface area contributed by atoms with Gasteiger partial charge in [0.2, 0.25) is 10.0 Å². The maximum atomic E-state index is 13.4. The van der Waals surface area contributed by atoms with E-state index in [4.69, 9.17) is 14.0 Å². The number of aryl methyl sites for hydroxylation is 1. The second kappa shape index (κ2) is 6.92.